The monoisotopic (exact) mass is 264 g/mol. The van der Waals surface area contributed by atoms with E-state index in [1.165, 1.54) is 24.3 Å². The van der Waals surface area contributed by atoms with Gasteiger partial charge in [0.1, 0.15) is 15.7 Å². The van der Waals surface area contributed by atoms with Crippen LogP contribution in [0, 0.1) is 5.82 Å². The van der Waals surface area contributed by atoms with Crippen molar-refractivity contribution in [3.63, 3.8) is 0 Å². The van der Waals surface area contributed by atoms with Crippen LogP contribution in [0.25, 0.3) is 0 Å². The van der Waals surface area contributed by atoms with Gasteiger partial charge in [0.25, 0.3) is 0 Å². The molecular weight excluding hydrogens is 251 g/mol. The van der Waals surface area contributed by atoms with E-state index in [4.69, 9.17) is 0 Å². The van der Waals surface area contributed by atoms with E-state index in [9.17, 15) is 17.0 Å². The molecule has 0 aliphatic heterocycles. The standard InChI is InChI=1S/C10H13FO3S2/c1-16(13,14)8-2-7-15(12)10-5-3-9(11)4-6-10/h3-6H,2,7-8H2,1H3. The first-order chi connectivity index (χ1) is 7.38. The number of hydrogen-bond acceptors (Lipinski definition) is 3. The second kappa shape index (κ2) is 5.54. The Morgan fingerprint density at radius 3 is 2.31 bits per heavy atom. The summed E-state index contributed by atoms with van der Waals surface area (Å²) in [6.07, 6.45) is 1.50. The summed E-state index contributed by atoms with van der Waals surface area (Å²) < 4.78 is 45.9. The van der Waals surface area contributed by atoms with Crippen LogP contribution < -0.4 is 0 Å². The second-order valence-electron chi connectivity index (χ2n) is 3.49. The van der Waals surface area contributed by atoms with Crippen LogP contribution in [-0.4, -0.2) is 30.4 Å². The molecule has 0 radical (unpaired) electrons. The quantitative estimate of drug-likeness (QED) is 0.807. The van der Waals surface area contributed by atoms with Crippen molar-refractivity contribution < 1.29 is 17.0 Å². The summed E-state index contributed by atoms with van der Waals surface area (Å²) in [6, 6.07) is 5.38. The molecule has 0 aliphatic carbocycles. The van der Waals surface area contributed by atoms with E-state index in [0.717, 1.165) is 6.26 Å². The van der Waals surface area contributed by atoms with Gasteiger partial charge >= 0.3 is 0 Å². The summed E-state index contributed by atoms with van der Waals surface area (Å²) in [6.45, 7) is 0. The lowest BCUT2D eigenvalue weighted by molar-refractivity contribution is 0.600. The second-order valence-corrected chi connectivity index (χ2v) is 7.32. The molecule has 0 fully saturated rings. The molecule has 90 valence electrons. The highest BCUT2D eigenvalue weighted by atomic mass is 32.2. The van der Waals surface area contributed by atoms with Crippen LogP contribution in [0.5, 0.6) is 0 Å². The minimum atomic E-state index is -3.00. The zero-order valence-corrected chi connectivity index (χ0v) is 10.5. The zero-order chi connectivity index (χ0) is 12.2. The van der Waals surface area contributed by atoms with Crippen LogP contribution in [0.1, 0.15) is 6.42 Å². The van der Waals surface area contributed by atoms with Crippen molar-refractivity contribution in [1.82, 2.24) is 0 Å². The number of sulfone groups is 1. The van der Waals surface area contributed by atoms with Crippen molar-refractivity contribution in [2.45, 2.75) is 11.3 Å². The molecule has 1 aromatic carbocycles. The van der Waals surface area contributed by atoms with Gasteiger partial charge in [-0.25, -0.2) is 12.8 Å². The predicted octanol–water partition coefficient (Wildman–Crippen LogP) is 1.37. The molecule has 1 unspecified atom stereocenters. The maximum absolute atomic E-state index is 12.6. The first kappa shape index (κ1) is 13.3. The normalized spacial score (nSPS) is 13.6. The third-order valence-electron chi connectivity index (χ3n) is 1.92. The third-order valence-corrected chi connectivity index (χ3v) is 4.41. The first-order valence-corrected chi connectivity index (χ1v) is 8.08. The molecule has 0 aromatic heterocycles. The number of benzene rings is 1. The minimum Gasteiger partial charge on any atom is -0.254 e. The Balaban J connectivity index is 2.50. The van der Waals surface area contributed by atoms with Gasteiger partial charge in [0.2, 0.25) is 0 Å². The Bertz CT molecular complexity index is 465. The van der Waals surface area contributed by atoms with E-state index in [1.807, 2.05) is 0 Å². The predicted molar refractivity (Wildman–Crippen MR) is 62.0 cm³/mol. The van der Waals surface area contributed by atoms with Crippen molar-refractivity contribution in [2.75, 3.05) is 17.8 Å². The Morgan fingerprint density at radius 1 is 1.25 bits per heavy atom. The summed E-state index contributed by atoms with van der Waals surface area (Å²) >= 11 is 0. The van der Waals surface area contributed by atoms with E-state index < -0.39 is 20.6 Å². The Kier molecular flexibility index (Phi) is 4.61. The lowest BCUT2D eigenvalue weighted by atomic mass is 10.4. The van der Waals surface area contributed by atoms with Crippen LogP contribution in [0.3, 0.4) is 0 Å². The van der Waals surface area contributed by atoms with E-state index in [2.05, 4.69) is 0 Å². The number of hydrogen-bond donors (Lipinski definition) is 0. The van der Waals surface area contributed by atoms with Crippen LogP contribution in [0.4, 0.5) is 4.39 Å². The van der Waals surface area contributed by atoms with Crippen molar-refractivity contribution in [1.29, 1.82) is 0 Å². The highest BCUT2D eigenvalue weighted by Crippen LogP contribution is 2.09. The van der Waals surface area contributed by atoms with Gasteiger partial charge < -0.3 is 0 Å². The van der Waals surface area contributed by atoms with E-state index in [0.29, 0.717) is 11.3 Å². The van der Waals surface area contributed by atoms with Gasteiger partial charge in [-0.15, -0.1) is 0 Å². The average molecular weight is 264 g/mol. The maximum atomic E-state index is 12.6. The van der Waals surface area contributed by atoms with Gasteiger partial charge in [0.05, 0.1) is 16.6 Å². The topological polar surface area (TPSA) is 51.2 Å². The first-order valence-electron chi connectivity index (χ1n) is 4.70. The summed E-state index contributed by atoms with van der Waals surface area (Å²) in [5.74, 6) is -0.0737. The van der Waals surface area contributed by atoms with Gasteiger partial charge in [0, 0.05) is 16.9 Å². The van der Waals surface area contributed by atoms with Crippen molar-refractivity contribution >= 4 is 20.6 Å². The summed E-state index contributed by atoms with van der Waals surface area (Å²) in [5, 5.41) is 0. The summed E-state index contributed by atoms with van der Waals surface area (Å²) in [4.78, 5) is 0.523. The Labute approximate surface area is 97.1 Å². The smallest absolute Gasteiger partial charge is 0.147 e. The molecule has 0 saturated heterocycles. The fourth-order valence-electron chi connectivity index (χ4n) is 1.16. The van der Waals surface area contributed by atoms with Gasteiger partial charge in [-0.3, -0.25) is 4.21 Å². The van der Waals surface area contributed by atoms with Crippen molar-refractivity contribution in [3.8, 4) is 0 Å². The fourth-order valence-corrected chi connectivity index (χ4v) is 3.09. The lowest BCUT2D eigenvalue weighted by Crippen LogP contribution is -2.07. The maximum Gasteiger partial charge on any atom is 0.147 e. The molecule has 0 heterocycles. The number of rotatable bonds is 5. The van der Waals surface area contributed by atoms with Gasteiger partial charge in [-0.1, -0.05) is 0 Å². The molecular formula is C10H13FO3S2. The Hall–Kier alpha value is -0.750. The molecule has 0 spiro atoms. The van der Waals surface area contributed by atoms with Gasteiger partial charge in [-0.2, -0.15) is 0 Å². The highest BCUT2D eigenvalue weighted by molar-refractivity contribution is 7.90. The molecule has 0 amide bonds. The Morgan fingerprint density at radius 2 is 1.81 bits per heavy atom. The van der Waals surface area contributed by atoms with Crippen molar-refractivity contribution in [2.24, 2.45) is 0 Å². The van der Waals surface area contributed by atoms with Gasteiger partial charge in [-0.05, 0) is 30.7 Å². The molecule has 16 heavy (non-hydrogen) atoms. The molecule has 6 heteroatoms. The molecule has 0 bridgehead atoms. The molecule has 0 aliphatic rings. The SMILES string of the molecule is CS(=O)(=O)CCCS(=O)c1ccc(F)cc1. The van der Waals surface area contributed by atoms with E-state index in [-0.39, 0.29) is 17.3 Å². The van der Waals surface area contributed by atoms with E-state index >= 15 is 0 Å². The molecule has 1 aromatic rings. The van der Waals surface area contributed by atoms with Crippen LogP contribution >= 0.6 is 0 Å². The number of halogens is 1. The fraction of sp³-hybridized carbons (Fsp3) is 0.400. The van der Waals surface area contributed by atoms with Crippen LogP contribution in [0.2, 0.25) is 0 Å². The van der Waals surface area contributed by atoms with Crippen molar-refractivity contribution in [3.05, 3.63) is 30.1 Å². The lowest BCUT2D eigenvalue weighted by Gasteiger charge is -2.01. The minimum absolute atomic E-state index is 0.0277. The molecule has 0 N–H and O–H groups in total. The third kappa shape index (κ3) is 4.85. The molecule has 1 rings (SSSR count). The molecule has 0 saturated carbocycles. The summed E-state index contributed by atoms with van der Waals surface area (Å²) in [5.41, 5.74) is 0. The van der Waals surface area contributed by atoms with E-state index in [1.54, 1.807) is 0 Å². The summed E-state index contributed by atoms with van der Waals surface area (Å²) in [7, 11) is -4.26. The highest BCUT2D eigenvalue weighted by Gasteiger charge is 2.07. The van der Waals surface area contributed by atoms with Crippen LogP contribution in [0.15, 0.2) is 29.2 Å². The van der Waals surface area contributed by atoms with Crippen LogP contribution in [-0.2, 0) is 20.6 Å². The zero-order valence-electron chi connectivity index (χ0n) is 8.85. The van der Waals surface area contributed by atoms with Gasteiger partial charge in [0.15, 0.2) is 0 Å². The largest absolute Gasteiger partial charge is 0.254 e. The average Bonchev–Trinajstić information content (AvgIpc) is 2.16. The molecule has 3 nitrogen and oxygen atoms in total. The molecule has 1 atom stereocenters.